The van der Waals surface area contributed by atoms with Gasteiger partial charge < -0.3 is 5.73 Å². The molecule has 1 fully saturated rings. The van der Waals surface area contributed by atoms with Gasteiger partial charge in [-0.05, 0) is 37.1 Å². The first-order valence-electron chi connectivity index (χ1n) is 7.50. The predicted molar refractivity (Wildman–Crippen MR) is 72.4 cm³/mol. The molecule has 1 aliphatic carbocycles. The van der Waals surface area contributed by atoms with Gasteiger partial charge in [-0.1, -0.05) is 58.8 Å². The zero-order valence-electron chi connectivity index (χ0n) is 11.4. The Labute approximate surface area is 102 Å². The number of hydrogen-bond acceptors (Lipinski definition) is 1. The minimum Gasteiger partial charge on any atom is -0.330 e. The highest BCUT2D eigenvalue weighted by atomic mass is 14.5. The summed E-state index contributed by atoms with van der Waals surface area (Å²) >= 11 is 0. The maximum absolute atomic E-state index is 5.67. The molecular formula is C15H31N. The Hall–Kier alpha value is -0.0400. The summed E-state index contributed by atoms with van der Waals surface area (Å²) in [6, 6.07) is 0. The molecule has 16 heavy (non-hydrogen) atoms. The Morgan fingerprint density at radius 2 is 1.69 bits per heavy atom. The normalized spacial score (nSPS) is 27.9. The standard InChI is InChI=1S/C15H31N/c1-3-5-14-6-8-15(9-7-14)12-13(4-2)10-11-16/h13-15H,3-12,16H2,1-2H3. The minimum absolute atomic E-state index is 0.879. The van der Waals surface area contributed by atoms with Gasteiger partial charge in [0, 0.05) is 0 Å². The lowest BCUT2D eigenvalue weighted by atomic mass is 9.76. The van der Waals surface area contributed by atoms with E-state index in [0.29, 0.717) is 0 Å². The Morgan fingerprint density at radius 3 is 2.19 bits per heavy atom. The molecule has 1 saturated carbocycles. The maximum Gasteiger partial charge on any atom is -0.00746 e. The van der Waals surface area contributed by atoms with Crippen molar-refractivity contribution in [1.29, 1.82) is 0 Å². The van der Waals surface area contributed by atoms with E-state index in [1.165, 1.54) is 57.8 Å². The fourth-order valence-electron chi connectivity index (χ4n) is 3.36. The van der Waals surface area contributed by atoms with Crippen LogP contribution in [0.3, 0.4) is 0 Å². The summed E-state index contributed by atoms with van der Waals surface area (Å²) in [5.41, 5.74) is 5.67. The SMILES string of the molecule is CCCC1CCC(CC(CC)CCN)CC1. The summed E-state index contributed by atoms with van der Waals surface area (Å²) in [6.45, 7) is 5.52. The molecule has 96 valence electrons. The first kappa shape index (κ1) is 14.0. The molecule has 0 bridgehead atoms. The lowest BCUT2D eigenvalue weighted by Crippen LogP contribution is -2.18. The van der Waals surface area contributed by atoms with Gasteiger partial charge in [0.15, 0.2) is 0 Å². The highest BCUT2D eigenvalue weighted by molar-refractivity contribution is 4.74. The van der Waals surface area contributed by atoms with Crippen molar-refractivity contribution in [1.82, 2.24) is 0 Å². The highest BCUT2D eigenvalue weighted by Crippen LogP contribution is 2.35. The molecule has 1 unspecified atom stereocenters. The van der Waals surface area contributed by atoms with Crippen LogP contribution in [-0.4, -0.2) is 6.54 Å². The fourth-order valence-corrected chi connectivity index (χ4v) is 3.36. The molecule has 0 spiro atoms. The first-order valence-corrected chi connectivity index (χ1v) is 7.50. The van der Waals surface area contributed by atoms with Crippen LogP contribution in [0.5, 0.6) is 0 Å². The monoisotopic (exact) mass is 225 g/mol. The molecule has 0 aliphatic heterocycles. The molecule has 1 aliphatic rings. The molecule has 0 amide bonds. The fraction of sp³-hybridized carbons (Fsp3) is 1.00. The molecule has 0 aromatic carbocycles. The lowest BCUT2D eigenvalue weighted by molar-refractivity contribution is 0.221. The third-order valence-electron chi connectivity index (χ3n) is 4.48. The van der Waals surface area contributed by atoms with Gasteiger partial charge in [0.05, 0.1) is 0 Å². The number of rotatable bonds is 7. The molecule has 1 heteroatoms. The van der Waals surface area contributed by atoms with Crippen molar-refractivity contribution >= 4 is 0 Å². The molecule has 0 saturated heterocycles. The molecule has 0 radical (unpaired) electrons. The van der Waals surface area contributed by atoms with E-state index in [4.69, 9.17) is 5.73 Å². The summed E-state index contributed by atoms with van der Waals surface area (Å²) in [4.78, 5) is 0. The van der Waals surface area contributed by atoms with E-state index in [2.05, 4.69) is 13.8 Å². The quantitative estimate of drug-likeness (QED) is 0.684. The van der Waals surface area contributed by atoms with Crippen LogP contribution in [0.1, 0.15) is 71.6 Å². The Bertz CT molecular complexity index is 159. The molecule has 1 nitrogen and oxygen atoms in total. The number of hydrogen-bond donors (Lipinski definition) is 1. The van der Waals surface area contributed by atoms with Crippen molar-refractivity contribution < 1.29 is 0 Å². The second-order valence-electron chi connectivity index (χ2n) is 5.76. The van der Waals surface area contributed by atoms with E-state index in [9.17, 15) is 0 Å². The van der Waals surface area contributed by atoms with Gasteiger partial charge in [-0.3, -0.25) is 0 Å². The Morgan fingerprint density at radius 1 is 1.06 bits per heavy atom. The number of nitrogens with two attached hydrogens (primary N) is 1. The predicted octanol–water partition coefficient (Wildman–Crippen LogP) is 4.36. The van der Waals surface area contributed by atoms with E-state index in [1.807, 2.05) is 0 Å². The van der Waals surface area contributed by atoms with Gasteiger partial charge in [-0.15, -0.1) is 0 Å². The smallest absolute Gasteiger partial charge is 0.00746 e. The van der Waals surface area contributed by atoms with Crippen molar-refractivity contribution in [3.05, 3.63) is 0 Å². The van der Waals surface area contributed by atoms with Crippen LogP contribution in [0.2, 0.25) is 0 Å². The minimum atomic E-state index is 0.879. The molecule has 0 heterocycles. The van der Waals surface area contributed by atoms with Crippen LogP contribution in [0, 0.1) is 17.8 Å². The van der Waals surface area contributed by atoms with Gasteiger partial charge in [0.2, 0.25) is 0 Å². The summed E-state index contributed by atoms with van der Waals surface area (Å²) < 4.78 is 0. The summed E-state index contributed by atoms with van der Waals surface area (Å²) in [5.74, 6) is 2.97. The average molecular weight is 225 g/mol. The Kier molecular flexibility index (Phi) is 7.11. The highest BCUT2D eigenvalue weighted by Gasteiger charge is 2.22. The maximum atomic E-state index is 5.67. The van der Waals surface area contributed by atoms with E-state index in [0.717, 1.165) is 24.3 Å². The molecule has 0 aromatic rings. The zero-order valence-corrected chi connectivity index (χ0v) is 11.4. The van der Waals surface area contributed by atoms with Crippen LogP contribution in [0.25, 0.3) is 0 Å². The van der Waals surface area contributed by atoms with Crippen molar-refractivity contribution in [3.63, 3.8) is 0 Å². The van der Waals surface area contributed by atoms with Gasteiger partial charge in [-0.2, -0.15) is 0 Å². The van der Waals surface area contributed by atoms with Crippen LogP contribution in [0.15, 0.2) is 0 Å². The molecular weight excluding hydrogens is 194 g/mol. The second kappa shape index (κ2) is 8.11. The van der Waals surface area contributed by atoms with Crippen molar-refractivity contribution in [2.75, 3.05) is 6.54 Å². The third-order valence-corrected chi connectivity index (χ3v) is 4.48. The van der Waals surface area contributed by atoms with Crippen LogP contribution in [0.4, 0.5) is 0 Å². The largest absolute Gasteiger partial charge is 0.330 e. The molecule has 2 N–H and O–H groups in total. The van der Waals surface area contributed by atoms with Gasteiger partial charge in [-0.25, -0.2) is 0 Å². The van der Waals surface area contributed by atoms with Crippen LogP contribution < -0.4 is 5.73 Å². The van der Waals surface area contributed by atoms with Crippen LogP contribution >= 0.6 is 0 Å². The van der Waals surface area contributed by atoms with Gasteiger partial charge in [0.25, 0.3) is 0 Å². The summed E-state index contributed by atoms with van der Waals surface area (Å²) in [5, 5.41) is 0. The van der Waals surface area contributed by atoms with Crippen LogP contribution in [-0.2, 0) is 0 Å². The second-order valence-corrected chi connectivity index (χ2v) is 5.76. The molecule has 0 aromatic heterocycles. The first-order chi connectivity index (χ1) is 7.80. The Balaban J connectivity index is 2.20. The van der Waals surface area contributed by atoms with Crippen molar-refractivity contribution in [2.24, 2.45) is 23.5 Å². The summed E-state index contributed by atoms with van der Waals surface area (Å²) in [7, 11) is 0. The van der Waals surface area contributed by atoms with E-state index in [-0.39, 0.29) is 0 Å². The topological polar surface area (TPSA) is 26.0 Å². The lowest BCUT2D eigenvalue weighted by Gasteiger charge is -2.30. The van der Waals surface area contributed by atoms with Gasteiger partial charge in [0.1, 0.15) is 0 Å². The third kappa shape index (κ3) is 4.86. The van der Waals surface area contributed by atoms with Crippen molar-refractivity contribution in [3.8, 4) is 0 Å². The van der Waals surface area contributed by atoms with E-state index >= 15 is 0 Å². The van der Waals surface area contributed by atoms with E-state index in [1.54, 1.807) is 0 Å². The summed E-state index contributed by atoms with van der Waals surface area (Å²) in [6.07, 6.45) is 12.8. The van der Waals surface area contributed by atoms with Gasteiger partial charge >= 0.3 is 0 Å². The molecule has 1 atom stereocenters. The van der Waals surface area contributed by atoms with E-state index < -0.39 is 0 Å². The van der Waals surface area contributed by atoms with Crippen molar-refractivity contribution in [2.45, 2.75) is 71.6 Å². The zero-order chi connectivity index (χ0) is 11.8. The average Bonchev–Trinajstić information content (AvgIpc) is 2.31. The molecule has 1 rings (SSSR count).